The molecule has 0 nitrogen and oxygen atoms in total. The highest BCUT2D eigenvalue weighted by molar-refractivity contribution is 9.11. The fraction of sp³-hybridized carbons (Fsp3) is 0.875. The molecule has 17 heavy (non-hydrogen) atoms. The first-order chi connectivity index (χ1) is 8.43. The summed E-state index contributed by atoms with van der Waals surface area (Å²) < 4.78 is 0. The fourth-order valence-electron chi connectivity index (χ4n) is 2.71. The van der Waals surface area contributed by atoms with E-state index in [2.05, 4.69) is 20.9 Å². The van der Waals surface area contributed by atoms with E-state index in [1.165, 1.54) is 89.9 Å². The van der Waals surface area contributed by atoms with Crippen molar-refractivity contribution in [2.45, 2.75) is 89.9 Å². The third kappa shape index (κ3) is 8.88. The Morgan fingerprint density at radius 2 is 0.824 bits per heavy atom. The fourth-order valence-corrected chi connectivity index (χ4v) is 3.16. The Balaban J connectivity index is 2.21. The minimum atomic E-state index is 1.32. The zero-order valence-corrected chi connectivity index (χ0v) is 12.9. The Labute approximate surface area is 116 Å². The lowest BCUT2D eigenvalue weighted by atomic mass is 10.0. The predicted molar refractivity (Wildman–Crippen MR) is 81.6 cm³/mol. The highest BCUT2D eigenvalue weighted by Crippen LogP contribution is 2.20. The standard InChI is InChI=1S/C16H29Br/c17-15-16-13-11-9-7-5-3-1-2-4-6-8-10-12-14-16/h15H,1-14H2. The van der Waals surface area contributed by atoms with Crippen LogP contribution in [0.4, 0.5) is 0 Å². The van der Waals surface area contributed by atoms with Crippen LogP contribution in [-0.4, -0.2) is 0 Å². The van der Waals surface area contributed by atoms with Crippen molar-refractivity contribution in [3.8, 4) is 0 Å². The van der Waals surface area contributed by atoms with Crippen LogP contribution in [0.2, 0.25) is 0 Å². The summed E-state index contributed by atoms with van der Waals surface area (Å²) >= 11 is 3.53. The first-order valence-electron chi connectivity index (χ1n) is 7.71. The summed E-state index contributed by atoms with van der Waals surface area (Å²) in [5.41, 5.74) is 1.64. The smallest absolute Gasteiger partial charge is 0.0197 e. The van der Waals surface area contributed by atoms with Gasteiger partial charge in [0.05, 0.1) is 0 Å². The molecule has 1 rings (SSSR count). The molecule has 1 saturated carbocycles. The highest BCUT2D eigenvalue weighted by atomic mass is 79.9. The molecule has 0 aliphatic heterocycles. The molecule has 1 fully saturated rings. The Bertz CT molecular complexity index is 178. The van der Waals surface area contributed by atoms with E-state index in [0.29, 0.717) is 0 Å². The van der Waals surface area contributed by atoms with Crippen molar-refractivity contribution >= 4 is 15.9 Å². The maximum Gasteiger partial charge on any atom is -0.0197 e. The first kappa shape index (κ1) is 15.3. The van der Waals surface area contributed by atoms with Crippen LogP contribution in [0.25, 0.3) is 0 Å². The molecular formula is C16H29Br. The van der Waals surface area contributed by atoms with Gasteiger partial charge in [-0.15, -0.1) is 0 Å². The largest absolute Gasteiger partial charge is 0.0633 e. The molecule has 0 unspecified atom stereocenters. The molecule has 0 aromatic heterocycles. The van der Waals surface area contributed by atoms with E-state index in [-0.39, 0.29) is 0 Å². The topological polar surface area (TPSA) is 0 Å². The van der Waals surface area contributed by atoms with E-state index in [1.54, 1.807) is 5.57 Å². The maximum atomic E-state index is 3.53. The van der Waals surface area contributed by atoms with Crippen LogP contribution < -0.4 is 0 Å². The van der Waals surface area contributed by atoms with Gasteiger partial charge in [0.1, 0.15) is 0 Å². The van der Waals surface area contributed by atoms with E-state index in [9.17, 15) is 0 Å². The average molecular weight is 301 g/mol. The molecular weight excluding hydrogens is 272 g/mol. The molecule has 0 aromatic carbocycles. The van der Waals surface area contributed by atoms with E-state index < -0.39 is 0 Å². The predicted octanol–water partition coefficient (Wildman–Crippen LogP) is 6.74. The van der Waals surface area contributed by atoms with Crippen molar-refractivity contribution in [1.82, 2.24) is 0 Å². The zero-order valence-electron chi connectivity index (χ0n) is 11.4. The molecule has 1 heteroatoms. The molecule has 100 valence electrons. The van der Waals surface area contributed by atoms with E-state index >= 15 is 0 Å². The SMILES string of the molecule is BrC=C1CCCCCCCCCCCCCC1. The van der Waals surface area contributed by atoms with Gasteiger partial charge in [-0.3, -0.25) is 0 Å². The van der Waals surface area contributed by atoms with Crippen LogP contribution in [0.15, 0.2) is 10.6 Å². The van der Waals surface area contributed by atoms with Crippen LogP contribution >= 0.6 is 15.9 Å². The van der Waals surface area contributed by atoms with Gasteiger partial charge >= 0.3 is 0 Å². The van der Waals surface area contributed by atoms with Gasteiger partial charge in [-0.05, 0) is 30.7 Å². The summed E-state index contributed by atoms with van der Waals surface area (Å²) in [5.74, 6) is 0. The van der Waals surface area contributed by atoms with Gasteiger partial charge in [0.15, 0.2) is 0 Å². The van der Waals surface area contributed by atoms with Gasteiger partial charge in [0, 0.05) is 0 Å². The van der Waals surface area contributed by atoms with E-state index in [1.807, 2.05) is 0 Å². The summed E-state index contributed by atoms with van der Waals surface area (Å²) in [6, 6.07) is 0. The Hall–Kier alpha value is 0.220. The minimum absolute atomic E-state index is 1.32. The molecule has 0 N–H and O–H groups in total. The van der Waals surface area contributed by atoms with Gasteiger partial charge in [-0.1, -0.05) is 85.7 Å². The number of allylic oxidation sites excluding steroid dienone is 1. The molecule has 1 aliphatic rings. The van der Waals surface area contributed by atoms with Crippen molar-refractivity contribution < 1.29 is 0 Å². The minimum Gasteiger partial charge on any atom is -0.0633 e. The number of halogens is 1. The van der Waals surface area contributed by atoms with Crippen LogP contribution in [0.1, 0.15) is 89.9 Å². The van der Waals surface area contributed by atoms with Crippen molar-refractivity contribution in [2.24, 2.45) is 0 Å². The van der Waals surface area contributed by atoms with Crippen molar-refractivity contribution in [2.75, 3.05) is 0 Å². The van der Waals surface area contributed by atoms with Gasteiger partial charge < -0.3 is 0 Å². The monoisotopic (exact) mass is 300 g/mol. The van der Waals surface area contributed by atoms with Crippen LogP contribution in [0.3, 0.4) is 0 Å². The molecule has 0 radical (unpaired) electrons. The van der Waals surface area contributed by atoms with Gasteiger partial charge in [0.2, 0.25) is 0 Å². The highest BCUT2D eigenvalue weighted by Gasteiger charge is 2.00. The molecule has 0 spiro atoms. The third-order valence-electron chi connectivity index (χ3n) is 3.90. The lowest BCUT2D eigenvalue weighted by Gasteiger charge is -2.06. The molecule has 0 bridgehead atoms. The van der Waals surface area contributed by atoms with Gasteiger partial charge in [-0.2, -0.15) is 0 Å². The summed E-state index contributed by atoms with van der Waals surface area (Å²) in [5, 5.41) is 0. The lowest BCUT2D eigenvalue weighted by molar-refractivity contribution is 0.548. The van der Waals surface area contributed by atoms with E-state index in [4.69, 9.17) is 0 Å². The zero-order chi connectivity index (χ0) is 12.2. The summed E-state index contributed by atoms with van der Waals surface area (Å²) in [6.07, 6.45) is 20.1. The third-order valence-corrected chi connectivity index (χ3v) is 4.55. The maximum absolute atomic E-state index is 3.53. The normalized spacial score (nSPS) is 22.5. The Kier molecular flexibility index (Phi) is 10.2. The second kappa shape index (κ2) is 11.3. The summed E-state index contributed by atoms with van der Waals surface area (Å²) in [7, 11) is 0. The number of hydrogen-bond acceptors (Lipinski definition) is 0. The second-order valence-electron chi connectivity index (χ2n) is 5.51. The van der Waals surface area contributed by atoms with Gasteiger partial charge in [0.25, 0.3) is 0 Å². The number of rotatable bonds is 0. The second-order valence-corrected chi connectivity index (χ2v) is 5.97. The summed E-state index contributed by atoms with van der Waals surface area (Å²) in [4.78, 5) is 2.19. The molecule has 0 aromatic rings. The quantitative estimate of drug-likeness (QED) is 0.464. The molecule has 0 heterocycles. The van der Waals surface area contributed by atoms with Crippen LogP contribution in [-0.2, 0) is 0 Å². The molecule has 0 saturated heterocycles. The molecule has 0 amide bonds. The van der Waals surface area contributed by atoms with Crippen LogP contribution in [0.5, 0.6) is 0 Å². The Morgan fingerprint density at radius 1 is 0.529 bits per heavy atom. The van der Waals surface area contributed by atoms with Gasteiger partial charge in [-0.25, -0.2) is 0 Å². The Morgan fingerprint density at radius 3 is 1.12 bits per heavy atom. The first-order valence-corrected chi connectivity index (χ1v) is 8.63. The van der Waals surface area contributed by atoms with Crippen LogP contribution in [0, 0.1) is 0 Å². The van der Waals surface area contributed by atoms with Crippen molar-refractivity contribution in [3.05, 3.63) is 10.6 Å². The van der Waals surface area contributed by atoms with E-state index in [0.717, 1.165) is 0 Å². The summed E-state index contributed by atoms with van der Waals surface area (Å²) in [6.45, 7) is 0. The van der Waals surface area contributed by atoms with Crippen molar-refractivity contribution in [1.29, 1.82) is 0 Å². The average Bonchev–Trinajstić information content (AvgIpc) is 2.36. The number of hydrogen-bond donors (Lipinski definition) is 0. The molecule has 0 atom stereocenters. The molecule has 1 aliphatic carbocycles. The lowest BCUT2D eigenvalue weighted by Crippen LogP contribution is -1.86. The van der Waals surface area contributed by atoms with Crippen molar-refractivity contribution in [3.63, 3.8) is 0 Å².